The molecule has 112 valence electrons. The fourth-order valence-electron chi connectivity index (χ4n) is 2.01. The number of nitrogens with one attached hydrogen (secondary N) is 1. The molecule has 1 heterocycles. The highest BCUT2D eigenvalue weighted by molar-refractivity contribution is 6.30. The van der Waals surface area contributed by atoms with Crippen molar-refractivity contribution in [1.29, 1.82) is 0 Å². The van der Waals surface area contributed by atoms with E-state index in [-0.39, 0.29) is 11.9 Å². The fraction of sp³-hybridized carbons (Fsp3) is 0.312. The molecule has 0 spiro atoms. The van der Waals surface area contributed by atoms with Crippen molar-refractivity contribution in [2.75, 3.05) is 13.6 Å². The minimum atomic E-state index is -0.0327. The molecule has 0 saturated carbocycles. The number of carbonyl (C=O) groups is 1. The molecule has 1 aromatic heterocycles. The minimum absolute atomic E-state index is 0.0327. The van der Waals surface area contributed by atoms with Crippen LogP contribution >= 0.6 is 11.6 Å². The molecule has 4 nitrogen and oxygen atoms in total. The third-order valence-corrected chi connectivity index (χ3v) is 3.70. The first kappa shape index (κ1) is 15.6. The zero-order valence-electron chi connectivity index (χ0n) is 12.2. The number of carbonyl (C=O) groups excluding carboxylic acids is 1. The zero-order chi connectivity index (χ0) is 15.2. The second-order valence-corrected chi connectivity index (χ2v) is 5.44. The van der Waals surface area contributed by atoms with Gasteiger partial charge in [0.05, 0.1) is 19.4 Å². The van der Waals surface area contributed by atoms with Crippen molar-refractivity contribution in [2.45, 2.75) is 19.5 Å². The summed E-state index contributed by atoms with van der Waals surface area (Å²) in [4.78, 5) is 13.9. The molecule has 0 unspecified atom stereocenters. The lowest BCUT2D eigenvalue weighted by molar-refractivity contribution is -0.122. The smallest absolute Gasteiger partial charge is 0.234 e. The predicted molar refractivity (Wildman–Crippen MR) is 83.1 cm³/mol. The van der Waals surface area contributed by atoms with Crippen LogP contribution in [0.4, 0.5) is 0 Å². The Labute approximate surface area is 129 Å². The average Bonchev–Trinajstić information content (AvgIpc) is 2.98. The van der Waals surface area contributed by atoms with Gasteiger partial charge in [-0.05, 0) is 43.8 Å². The predicted octanol–water partition coefficient (Wildman–Crippen LogP) is 3.24. The van der Waals surface area contributed by atoms with Gasteiger partial charge in [-0.15, -0.1) is 0 Å². The molecule has 2 rings (SSSR count). The highest BCUT2D eigenvalue weighted by Crippen LogP contribution is 2.20. The van der Waals surface area contributed by atoms with Crippen LogP contribution in [-0.2, 0) is 11.3 Å². The van der Waals surface area contributed by atoms with Crippen LogP contribution in [0, 0.1) is 0 Å². The molecule has 2 aromatic rings. The third kappa shape index (κ3) is 4.62. The summed E-state index contributed by atoms with van der Waals surface area (Å²) in [5.41, 5.74) is 1.13. The van der Waals surface area contributed by atoms with E-state index in [1.807, 2.05) is 42.3 Å². The van der Waals surface area contributed by atoms with Crippen molar-refractivity contribution in [3.63, 3.8) is 0 Å². The topological polar surface area (TPSA) is 45.5 Å². The maximum atomic E-state index is 11.9. The van der Waals surface area contributed by atoms with Crippen LogP contribution in [0.1, 0.15) is 24.3 Å². The van der Waals surface area contributed by atoms with Crippen LogP contribution < -0.4 is 5.32 Å². The minimum Gasteiger partial charge on any atom is -0.467 e. The number of furan rings is 1. The molecular weight excluding hydrogens is 288 g/mol. The highest BCUT2D eigenvalue weighted by atomic mass is 35.5. The zero-order valence-corrected chi connectivity index (χ0v) is 12.9. The molecule has 0 aliphatic carbocycles. The summed E-state index contributed by atoms with van der Waals surface area (Å²) in [6.07, 6.45) is 1.59. The molecule has 0 saturated heterocycles. The molecule has 1 atom stereocenters. The van der Waals surface area contributed by atoms with Gasteiger partial charge in [0.1, 0.15) is 5.76 Å². The van der Waals surface area contributed by atoms with E-state index in [0.717, 1.165) is 11.3 Å². The van der Waals surface area contributed by atoms with Gasteiger partial charge in [0.25, 0.3) is 0 Å². The molecule has 1 N–H and O–H groups in total. The Hall–Kier alpha value is -1.78. The summed E-state index contributed by atoms with van der Waals surface area (Å²) >= 11 is 5.88. The number of hydrogen-bond donors (Lipinski definition) is 1. The molecule has 5 heteroatoms. The van der Waals surface area contributed by atoms with Crippen molar-refractivity contribution >= 4 is 17.5 Å². The molecule has 0 aliphatic heterocycles. The lowest BCUT2D eigenvalue weighted by Crippen LogP contribution is -2.36. The van der Waals surface area contributed by atoms with Gasteiger partial charge in [0.15, 0.2) is 0 Å². The quantitative estimate of drug-likeness (QED) is 0.891. The number of benzene rings is 1. The van der Waals surface area contributed by atoms with Crippen LogP contribution in [0.3, 0.4) is 0 Å². The van der Waals surface area contributed by atoms with Crippen LogP contribution in [0.2, 0.25) is 5.02 Å². The van der Waals surface area contributed by atoms with Gasteiger partial charge in [0.2, 0.25) is 5.91 Å². The first-order valence-corrected chi connectivity index (χ1v) is 7.19. The first-order valence-electron chi connectivity index (χ1n) is 6.81. The first-order chi connectivity index (χ1) is 10.1. The summed E-state index contributed by atoms with van der Waals surface area (Å²) in [7, 11) is 1.92. The second-order valence-electron chi connectivity index (χ2n) is 5.00. The number of likely N-dealkylation sites (N-methyl/N-ethyl adjacent to an activating group) is 1. The Balaban J connectivity index is 1.83. The molecule has 0 radical (unpaired) electrons. The van der Waals surface area contributed by atoms with E-state index < -0.39 is 0 Å². The Bertz CT molecular complexity index is 566. The maximum absolute atomic E-state index is 11.9. The van der Waals surface area contributed by atoms with Crippen molar-refractivity contribution in [2.24, 2.45) is 0 Å². The molecule has 1 amide bonds. The molecule has 21 heavy (non-hydrogen) atoms. The van der Waals surface area contributed by atoms with Gasteiger partial charge < -0.3 is 9.73 Å². The van der Waals surface area contributed by atoms with Crippen molar-refractivity contribution in [3.8, 4) is 0 Å². The Morgan fingerprint density at radius 1 is 1.33 bits per heavy atom. The molecule has 0 fully saturated rings. The van der Waals surface area contributed by atoms with E-state index in [4.69, 9.17) is 16.0 Å². The van der Waals surface area contributed by atoms with Gasteiger partial charge in [-0.25, -0.2) is 0 Å². The number of hydrogen-bond acceptors (Lipinski definition) is 3. The number of amides is 1. The molecular formula is C16H19ClN2O2. The van der Waals surface area contributed by atoms with Gasteiger partial charge in [-0.3, -0.25) is 9.69 Å². The van der Waals surface area contributed by atoms with E-state index in [0.29, 0.717) is 18.1 Å². The van der Waals surface area contributed by atoms with E-state index in [2.05, 4.69) is 12.2 Å². The number of rotatable bonds is 6. The number of nitrogens with zero attached hydrogens (tertiary/aromatic N) is 1. The van der Waals surface area contributed by atoms with Crippen LogP contribution in [-0.4, -0.2) is 24.4 Å². The van der Waals surface area contributed by atoms with E-state index in [1.165, 1.54) is 0 Å². The lowest BCUT2D eigenvalue weighted by atomic mass is 10.1. The summed E-state index contributed by atoms with van der Waals surface area (Å²) in [6.45, 7) is 2.79. The highest BCUT2D eigenvalue weighted by Gasteiger charge is 2.14. The lowest BCUT2D eigenvalue weighted by Gasteiger charge is -2.24. The van der Waals surface area contributed by atoms with Crippen LogP contribution in [0.25, 0.3) is 0 Å². The summed E-state index contributed by atoms with van der Waals surface area (Å²) in [5.74, 6) is 0.714. The van der Waals surface area contributed by atoms with E-state index in [1.54, 1.807) is 12.3 Å². The Morgan fingerprint density at radius 2 is 2.05 bits per heavy atom. The normalized spacial score (nSPS) is 12.4. The fourth-order valence-corrected chi connectivity index (χ4v) is 2.14. The Morgan fingerprint density at radius 3 is 2.67 bits per heavy atom. The van der Waals surface area contributed by atoms with Crippen LogP contribution in [0.15, 0.2) is 47.1 Å². The molecule has 0 bridgehead atoms. The van der Waals surface area contributed by atoms with E-state index >= 15 is 0 Å². The van der Waals surface area contributed by atoms with Gasteiger partial charge in [0, 0.05) is 11.1 Å². The molecule has 0 aliphatic rings. The Kier molecular flexibility index (Phi) is 5.42. The van der Waals surface area contributed by atoms with Crippen molar-refractivity contribution < 1.29 is 9.21 Å². The second kappa shape index (κ2) is 7.29. The maximum Gasteiger partial charge on any atom is 0.234 e. The van der Waals surface area contributed by atoms with Gasteiger partial charge >= 0.3 is 0 Å². The van der Waals surface area contributed by atoms with Crippen molar-refractivity contribution in [1.82, 2.24) is 10.2 Å². The van der Waals surface area contributed by atoms with Gasteiger partial charge in [-0.1, -0.05) is 23.7 Å². The van der Waals surface area contributed by atoms with Crippen LogP contribution in [0.5, 0.6) is 0 Å². The standard InChI is InChI=1S/C16H19ClN2O2/c1-12(13-5-7-14(17)8-6-13)19(2)11-16(20)18-10-15-4-3-9-21-15/h3-9,12H,10-11H2,1-2H3,(H,18,20)/t12-/m1/s1. The van der Waals surface area contributed by atoms with E-state index in [9.17, 15) is 4.79 Å². The van der Waals surface area contributed by atoms with Gasteiger partial charge in [-0.2, -0.15) is 0 Å². The summed E-state index contributed by atoms with van der Waals surface area (Å²) < 4.78 is 5.18. The SMILES string of the molecule is C[C@H](c1ccc(Cl)cc1)N(C)CC(=O)NCc1ccco1. The monoisotopic (exact) mass is 306 g/mol. The number of halogens is 1. The summed E-state index contributed by atoms with van der Waals surface area (Å²) in [6, 6.07) is 11.4. The van der Waals surface area contributed by atoms with Crippen molar-refractivity contribution in [3.05, 3.63) is 59.0 Å². The average molecular weight is 307 g/mol. The largest absolute Gasteiger partial charge is 0.467 e. The summed E-state index contributed by atoms with van der Waals surface area (Å²) in [5, 5.41) is 3.55. The third-order valence-electron chi connectivity index (χ3n) is 3.45. The molecule has 1 aromatic carbocycles.